The van der Waals surface area contributed by atoms with Gasteiger partial charge in [-0.3, -0.25) is 23.9 Å². The molecule has 59 heavy (non-hydrogen) atoms. The minimum atomic E-state index is -3.90. The quantitative estimate of drug-likeness (QED) is 0.337. The molecule has 4 fully saturated rings. The maximum absolute atomic E-state index is 15.3. The second kappa shape index (κ2) is 16.4. The molecule has 1 aromatic carbocycles. The summed E-state index contributed by atoms with van der Waals surface area (Å²) in [6.07, 6.45) is 7.28. The van der Waals surface area contributed by atoms with Gasteiger partial charge in [0.25, 0.3) is 5.91 Å². The van der Waals surface area contributed by atoms with Crippen LogP contribution in [-0.4, -0.2) is 100 Å². The Hall–Kier alpha value is -4.05. The molecule has 0 spiro atoms. The third-order valence-electron chi connectivity index (χ3n) is 13.6. The fourth-order valence-corrected chi connectivity index (χ4v) is 11.3. The van der Waals surface area contributed by atoms with Crippen LogP contribution >= 0.6 is 0 Å². The highest BCUT2D eigenvalue weighted by atomic mass is 32.2. The predicted molar refractivity (Wildman–Crippen MR) is 219 cm³/mol. The number of carbonyl (C=O) groups excluding carboxylic acids is 4. The Kier molecular flexibility index (Phi) is 12.0. The first kappa shape index (κ1) is 43.1. The molecule has 3 saturated carbocycles. The number of carbonyl (C=O) groups is 4. The summed E-state index contributed by atoms with van der Waals surface area (Å²) in [6.45, 7) is 11.2. The number of hydroxylamine groups is 2. The molecule has 324 valence electrons. The van der Waals surface area contributed by atoms with Crippen LogP contribution in [0.25, 0.3) is 11.0 Å². The summed E-state index contributed by atoms with van der Waals surface area (Å²) in [4.78, 5) is 75.6. The van der Waals surface area contributed by atoms with Gasteiger partial charge in [-0.25, -0.2) is 23.2 Å². The normalized spacial score (nSPS) is 32.0. The Bertz CT molecular complexity index is 2060. The number of hydrogen-bond acceptors (Lipinski definition) is 11. The van der Waals surface area contributed by atoms with Gasteiger partial charge in [0.2, 0.25) is 27.7 Å². The van der Waals surface area contributed by atoms with Crippen LogP contribution in [0.2, 0.25) is 0 Å². The number of sulfonamides is 1. The summed E-state index contributed by atoms with van der Waals surface area (Å²) >= 11 is 0. The zero-order valence-electron chi connectivity index (χ0n) is 35.6. The van der Waals surface area contributed by atoms with Crippen molar-refractivity contribution in [2.45, 2.75) is 160 Å². The molecular formula is C43H62N6O9S. The minimum Gasteiger partial charge on any atom is -0.471 e. The van der Waals surface area contributed by atoms with Crippen LogP contribution in [0.1, 0.15) is 124 Å². The van der Waals surface area contributed by atoms with Crippen LogP contribution in [0.3, 0.4) is 0 Å². The van der Waals surface area contributed by atoms with Gasteiger partial charge in [-0.05, 0) is 101 Å². The number of benzene rings is 1. The number of aryl methyl sites for hydroxylation is 1. The highest BCUT2D eigenvalue weighted by Crippen LogP contribution is 2.48. The van der Waals surface area contributed by atoms with Gasteiger partial charge in [-0.15, -0.1) is 0 Å². The molecule has 2 aromatic rings. The van der Waals surface area contributed by atoms with E-state index < -0.39 is 79.7 Å². The van der Waals surface area contributed by atoms with Crippen LogP contribution in [0.4, 0.5) is 4.79 Å². The molecule has 8 atom stereocenters. The fourth-order valence-electron chi connectivity index (χ4n) is 9.92. The Morgan fingerprint density at radius 3 is 2.31 bits per heavy atom. The SMILES string of the molecule is CC[C@@H]1[C@@H]2CN(C(=O)[C@H](C(C)(C)C)N(OC)C(=O)O[C@]3(C)CCC[C@H]3CCCCCc3nc4ccccc4nc3O2)[C@@H]1C(=O)N[C@]1(C(=O)NS(=O)(=O)C2CC2)C[C@H]1CC. The van der Waals surface area contributed by atoms with Crippen LogP contribution in [0.5, 0.6) is 5.88 Å². The Labute approximate surface area is 348 Å². The number of nitrogens with one attached hydrogen (secondary N) is 2. The van der Waals surface area contributed by atoms with Gasteiger partial charge >= 0.3 is 6.09 Å². The Balaban J connectivity index is 1.30. The van der Waals surface area contributed by atoms with E-state index in [0.29, 0.717) is 55.6 Å². The second-order valence-corrected chi connectivity index (χ2v) is 20.7. The van der Waals surface area contributed by atoms with Crippen molar-refractivity contribution in [2.24, 2.45) is 23.2 Å². The lowest BCUT2D eigenvalue weighted by Gasteiger charge is -2.41. The number of hydrogen-bond donors (Lipinski definition) is 2. The topological polar surface area (TPSA) is 186 Å². The van der Waals surface area contributed by atoms with Gasteiger partial charge in [0.1, 0.15) is 35.0 Å². The molecule has 2 aliphatic heterocycles. The summed E-state index contributed by atoms with van der Waals surface area (Å²) in [5.41, 5.74) is -1.06. The van der Waals surface area contributed by atoms with E-state index >= 15 is 4.79 Å². The van der Waals surface area contributed by atoms with Crippen molar-refractivity contribution < 1.29 is 41.9 Å². The zero-order valence-corrected chi connectivity index (χ0v) is 36.4. The molecule has 0 unspecified atom stereocenters. The Morgan fingerprint density at radius 2 is 1.68 bits per heavy atom. The van der Waals surface area contributed by atoms with E-state index in [9.17, 15) is 22.8 Å². The van der Waals surface area contributed by atoms with Crippen molar-refractivity contribution in [3.8, 4) is 5.88 Å². The molecule has 15 nitrogen and oxygen atoms in total. The van der Waals surface area contributed by atoms with E-state index in [1.54, 1.807) is 0 Å². The summed E-state index contributed by atoms with van der Waals surface area (Å²) in [7, 11) is -2.57. The molecule has 3 heterocycles. The molecular weight excluding hydrogens is 777 g/mol. The van der Waals surface area contributed by atoms with Crippen LogP contribution in [0, 0.1) is 23.2 Å². The molecule has 5 aliphatic rings. The Morgan fingerprint density at radius 1 is 0.983 bits per heavy atom. The first-order valence-corrected chi connectivity index (χ1v) is 23.2. The van der Waals surface area contributed by atoms with Crippen molar-refractivity contribution in [3.63, 3.8) is 0 Å². The maximum atomic E-state index is 15.3. The second-order valence-electron chi connectivity index (χ2n) is 18.7. The van der Waals surface area contributed by atoms with Gasteiger partial charge < -0.3 is 19.7 Å². The van der Waals surface area contributed by atoms with E-state index in [-0.39, 0.29) is 24.8 Å². The van der Waals surface area contributed by atoms with Gasteiger partial charge in [-0.2, -0.15) is 5.06 Å². The van der Waals surface area contributed by atoms with E-state index in [0.717, 1.165) is 49.1 Å². The summed E-state index contributed by atoms with van der Waals surface area (Å²) in [5, 5.41) is 3.35. The van der Waals surface area contributed by atoms with Gasteiger partial charge in [-0.1, -0.05) is 66.0 Å². The summed E-state index contributed by atoms with van der Waals surface area (Å²) in [5.74, 6) is -2.37. The minimum absolute atomic E-state index is 0.0468. The molecule has 16 heteroatoms. The van der Waals surface area contributed by atoms with Gasteiger partial charge in [0, 0.05) is 5.92 Å². The zero-order chi connectivity index (χ0) is 42.5. The molecule has 3 aliphatic carbocycles. The van der Waals surface area contributed by atoms with E-state index in [4.69, 9.17) is 24.3 Å². The van der Waals surface area contributed by atoms with Crippen molar-refractivity contribution in [1.82, 2.24) is 30.0 Å². The lowest BCUT2D eigenvalue weighted by atomic mass is 9.85. The van der Waals surface area contributed by atoms with E-state index in [2.05, 4.69) is 10.0 Å². The first-order valence-electron chi connectivity index (χ1n) is 21.6. The lowest BCUT2D eigenvalue weighted by molar-refractivity contribution is -0.188. The number of fused-ring (bicyclic) bond motifs is 5. The molecule has 1 aromatic heterocycles. The van der Waals surface area contributed by atoms with Crippen molar-refractivity contribution in [3.05, 3.63) is 30.0 Å². The molecule has 0 radical (unpaired) electrons. The number of nitrogens with zero attached hydrogens (tertiary/aromatic N) is 4. The third kappa shape index (κ3) is 8.49. The number of aromatic nitrogens is 2. The average molecular weight is 839 g/mol. The van der Waals surface area contributed by atoms with Crippen LogP contribution < -0.4 is 14.8 Å². The molecule has 2 bridgehead atoms. The van der Waals surface area contributed by atoms with Crippen LogP contribution in [0.15, 0.2) is 24.3 Å². The predicted octanol–water partition coefficient (Wildman–Crippen LogP) is 5.60. The van der Waals surface area contributed by atoms with Crippen molar-refractivity contribution >= 4 is 44.9 Å². The number of amides is 4. The van der Waals surface area contributed by atoms with E-state index in [1.165, 1.54) is 12.0 Å². The number of para-hydroxylation sites is 2. The molecule has 2 N–H and O–H groups in total. The van der Waals surface area contributed by atoms with Gasteiger partial charge in [0.15, 0.2) is 0 Å². The van der Waals surface area contributed by atoms with Crippen molar-refractivity contribution in [1.29, 1.82) is 0 Å². The molecule has 4 amide bonds. The third-order valence-corrected chi connectivity index (χ3v) is 15.4. The average Bonchev–Trinajstić information content (AvgIpc) is 4.09. The standard InChI is InChI=1S/C43H62N6O9S/c1-8-26-24-43(26,39(52)47-59(54,55)28-21-22-28)46-36(50)34-29(9-2)33-25-48(34)38(51)35(41(3,4)5)49(56-7)40(53)58-42(6)23-15-17-27(42)16-11-10-12-20-32-37(57-33)45-31-19-14-13-18-30(31)44-32/h13-14,18-19,26-29,33-35H,8-12,15-17,20-25H2,1-7H3,(H,46,50)(H,47,52)/t26-,27-,29-,33+,34+,35-,42-,43-/m1/s1. The monoisotopic (exact) mass is 838 g/mol. The molecule has 1 saturated heterocycles. The summed E-state index contributed by atoms with van der Waals surface area (Å²) < 4.78 is 41.3. The lowest BCUT2D eigenvalue weighted by Crippen LogP contribution is -2.62. The molecule has 7 rings (SSSR count). The number of rotatable bonds is 8. The largest absolute Gasteiger partial charge is 0.471 e. The smallest absolute Gasteiger partial charge is 0.435 e. The van der Waals surface area contributed by atoms with Gasteiger partial charge in [0.05, 0.1) is 29.9 Å². The fraction of sp³-hybridized carbons (Fsp3) is 0.721. The van der Waals surface area contributed by atoms with Crippen LogP contribution in [-0.2, 0) is 40.4 Å². The maximum Gasteiger partial charge on any atom is 0.435 e. The summed E-state index contributed by atoms with van der Waals surface area (Å²) in [6, 6.07) is 5.17. The highest BCUT2D eigenvalue weighted by molar-refractivity contribution is 7.91. The first-order chi connectivity index (χ1) is 28.0. The van der Waals surface area contributed by atoms with Crippen molar-refractivity contribution in [2.75, 3.05) is 13.7 Å². The highest BCUT2D eigenvalue weighted by Gasteiger charge is 2.63. The van der Waals surface area contributed by atoms with E-state index in [1.807, 2.05) is 65.8 Å². The number of ether oxygens (including phenoxy) is 2.